The fourth-order valence-corrected chi connectivity index (χ4v) is 9.01. The average molecular weight is 442 g/mol. The Kier molecular flexibility index (Phi) is 4.00. The molecule has 2 heterocycles. The number of hydrogen-bond acceptors (Lipinski definition) is 5. The number of piperidine rings is 1. The number of benzene rings is 1. The summed E-state index contributed by atoms with van der Waals surface area (Å²) in [6, 6.07) is 4.82. The molecular weight excluding hydrogens is 402 g/mol. The summed E-state index contributed by atoms with van der Waals surface area (Å²) in [6.45, 7) is 9.59. The van der Waals surface area contributed by atoms with E-state index >= 15 is 0 Å². The van der Waals surface area contributed by atoms with E-state index in [1.165, 1.54) is 11.1 Å². The number of aliphatic hydroxyl groups is 1. The fraction of sp³-hybridized carbons (Fsp3) is 0.778. The number of likely N-dealkylation sites (N-methyl/N-ethyl adjacent to an activating group) is 1. The van der Waals surface area contributed by atoms with Crippen LogP contribution < -0.4 is 9.47 Å². The molecule has 6 aliphatic rings. The summed E-state index contributed by atoms with van der Waals surface area (Å²) in [5, 5.41) is 12.1. The number of nitrogens with zero attached hydrogens (tertiary/aromatic N) is 1. The van der Waals surface area contributed by atoms with E-state index < -0.39 is 11.2 Å². The van der Waals surface area contributed by atoms with Crippen LogP contribution in [0, 0.1) is 16.7 Å². The molecule has 1 N–H and O–H groups in total. The molecule has 4 bridgehead atoms. The number of fused-ring (bicyclic) bond motifs is 2. The molecule has 5 heteroatoms. The zero-order valence-corrected chi connectivity index (χ0v) is 20.7. The smallest absolute Gasteiger partial charge is 0.165 e. The minimum absolute atomic E-state index is 0.00253. The van der Waals surface area contributed by atoms with Crippen molar-refractivity contribution in [1.29, 1.82) is 0 Å². The number of likely N-dealkylation sites (tertiary alicyclic amines) is 1. The van der Waals surface area contributed by atoms with Crippen molar-refractivity contribution in [2.45, 2.75) is 88.6 Å². The topological polar surface area (TPSA) is 51.2 Å². The summed E-state index contributed by atoms with van der Waals surface area (Å²) in [7, 11) is 5.89. The standard InChI is InChI=1S/C27H39NO4/c1-23(2,3)24(4,29)18-15-25-10-11-27(18,31-7)22-26(25)12-13-28(5)19(25)14-16-8-9-17(30-6)21(32-22)20(16)26/h8-9,18-19,22,29H,10-15H2,1-7H3/t18-,19-,22?,24-,25?,26+,27-/m1/s1. The molecule has 176 valence electrons. The molecule has 0 aromatic heterocycles. The van der Waals surface area contributed by atoms with Crippen LogP contribution in [0.25, 0.3) is 0 Å². The molecule has 7 atom stereocenters. The maximum absolute atomic E-state index is 12.1. The van der Waals surface area contributed by atoms with E-state index in [1.54, 1.807) is 7.11 Å². The van der Waals surface area contributed by atoms with E-state index in [2.05, 4.69) is 44.9 Å². The summed E-state index contributed by atoms with van der Waals surface area (Å²) < 4.78 is 19.4. The van der Waals surface area contributed by atoms with Crippen LogP contribution in [0.4, 0.5) is 0 Å². The van der Waals surface area contributed by atoms with Gasteiger partial charge in [-0.3, -0.25) is 0 Å². The van der Waals surface area contributed by atoms with Crippen molar-refractivity contribution in [2.75, 3.05) is 27.8 Å². The molecule has 7 rings (SSSR count). The molecule has 1 aromatic rings. The van der Waals surface area contributed by atoms with Crippen molar-refractivity contribution in [2.24, 2.45) is 16.7 Å². The van der Waals surface area contributed by atoms with E-state index in [0.29, 0.717) is 6.04 Å². The molecule has 0 radical (unpaired) electrons. The van der Waals surface area contributed by atoms with Gasteiger partial charge in [0.2, 0.25) is 0 Å². The monoisotopic (exact) mass is 441 g/mol. The molecule has 2 spiro atoms. The van der Waals surface area contributed by atoms with Crippen LogP contribution in [0.5, 0.6) is 11.5 Å². The molecule has 2 unspecified atom stereocenters. The Bertz CT molecular complexity index is 983. The van der Waals surface area contributed by atoms with Crippen LogP contribution in [-0.4, -0.2) is 61.2 Å². The van der Waals surface area contributed by atoms with Crippen LogP contribution in [-0.2, 0) is 16.6 Å². The lowest BCUT2D eigenvalue weighted by Gasteiger charge is -2.75. The zero-order chi connectivity index (χ0) is 22.9. The minimum Gasteiger partial charge on any atom is -0.493 e. The van der Waals surface area contributed by atoms with Crippen LogP contribution >= 0.6 is 0 Å². The summed E-state index contributed by atoms with van der Waals surface area (Å²) in [5.41, 5.74) is 1.17. The van der Waals surface area contributed by atoms with Gasteiger partial charge in [0.05, 0.1) is 12.7 Å². The number of methoxy groups -OCH3 is 2. The zero-order valence-electron chi connectivity index (χ0n) is 20.7. The predicted molar refractivity (Wildman–Crippen MR) is 123 cm³/mol. The highest BCUT2D eigenvalue weighted by Crippen LogP contribution is 2.77. The van der Waals surface area contributed by atoms with E-state index in [-0.39, 0.29) is 28.3 Å². The predicted octanol–water partition coefficient (Wildman–Crippen LogP) is 3.94. The first-order valence-electron chi connectivity index (χ1n) is 12.3. The summed E-state index contributed by atoms with van der Waals surface area (Å²) in [5.74, 6) is 1.79. The Balaban J connectivity index is 1.65. The molecule has 1 saturated heterocycles. The lowest BCUT2D eigenvalue weighted by Crippen LogP contribution is -2.83. The van der Waals surface area contributed by atoms with Crippen molar-refractivity contribution < 1.29 is 19.3 Å². The summed E-state index contributed by atoms with van der Waals surface area (Å²) >= 11 is 0. The van der Waals surface area contributed by atoms with Gasteiger partial charge in [0.25, 0.3) is 0 Å². The normalized spacial score (nSPS) is 43.4. The van der Waals surface area contributed by atoms with Gasteiger partial charge >= 0.3 is 0 Å². The SMILES string of the molecule is COc1ccc2c3c1OC1[C@@]4(OC)CCC5(C[C@@H]4[C@@](C)(O)C(C)(C)C)[C@@H](C2)N(C)CC[C@]315. The van der Waals surface area contributed by atoms with Gasteiger partial charge in [-0.25, -0.2) is 0 Å². The molecular formula is C27H39NO4. The fourth-order valence-electron chi connectivity index (χ4n) is 9.01. The van der Waals surface area contributed by atoms with Crippen molar-refractivity contribution in [3.63, 3.8) is 0 Å². The molecule has 2 aliphatic heterocycles. The highest BCUT2D eigenvalue weighted by atomic mass is 16.6. The largest absolute Gasteiger partial charge is 0.493 e. The van der Waals surface area contributed by atoms with Crippen molar-refractivity contribution in [1.82, 2.24) is 4.90 Å². The van der Waals surface area contributed by atoms with Crippen LogP contribution in [0.3, 0.4) is 0 Å². The first kappa shape index (κ1) is 21.2. The van der Waals surface area contributed by atoms with Crippen LogP contribution in [0.2, 0.25) is 0 Å². The molecule has 0 amide bonds. The second-order valence-electron chi connectivity index (χ2n) is 12.5. The lowest BCUT2D eigenvalue weighted by molar-refractivity contribution is -0.311. The highest BCUT2D eigenvalue weighted by molar-refractivity contribution is 5.63. The molecule has 4 aliphatic carbocycles. The molecule has 32 heavy (non-hydrogen) atoms. The van der Waals surface area contributed by atoms with Crippen molar-refractivity contribution in [3.05, 3.63) is 23.3 Å². The van der Waals surface area contributed by atoms with Gasteiger partial charge in [0.15, 0.2) is 11.5 Å². The van der Waals surface area contributed by atoms with E-state index in [4.69, 9.17) is 14.2 Å². The number of hydrogen-bond donors (Lipinski definition) is 1. The lowest BCUT2D eigenvalue weighted by atomic mass is 9.33. The molecule has 3 saturated carbocycles. The van der Waals surface area contributed by atoms with Crippen LogP contribution in [0.1, 0.15) is 64.5 Å². The van der Waals surface area contributed by atoms with Crippen molar-refractivity contribution in [3.8, 4) is 11.5 Å². The van der Waals surface area contributed by atoms with Crippen molar-refractivity contribution >= 4 is 0 Å². The Morgan fingerprint density at radius 1 is 1.12 bits per heavy atom. The van der Waals surface area contributed by atoms with Gasteiger partial charge in [0.1, 0.15) is 11.7 Å². The van der Waals surface area contributed by atoms with Gasteiger partial charge in [0, 0.05) is 35.5 Å². The van der Waals surface area contributed by atoms with E-state index in [9.17, 15) is 5.11 Å². The number of ether oxygens (including phenoxy) is 3. The first-order chi connectivity index (χ1) is 15.0. The first-order valence-corrected chi connectivity index (χ1v) is 12.3. The van der Waals surface area contributed by atoms with Gasteiger partial charge in [-0.2, -0.15) is 0 Å². The summed E-state index contributed by atoms with van der Waals surface area (Å²) in [6.07, 6.45) is 5.07. The summed E-state index contributed by atoms with van der Waals surface area (Å²) in [4.78, 5) is 2.60. The third-order valence-electron chi connectivity index (χ3n) is 11.0. The Morgan fingerprint density at radius 2 is 1.88 bits per heavy atom. The Hall–Kier alpha value is -1.30. The minimum atomic E-state index is -0.882. The maximum atomic E-state index is 12.1. The Labute approximate surface area is 192 Å². The molecule has 4 fully saturated rings. The van der Waals surface area contributed by atoms with E-state index in [0.717, 1.165) is 50.1 Å². The van der Waals surface area contributed by atoms with Gasteiger partial charge in [-0.15, -0.1) is 0 Å². The second-order valence-corrected chi connectivity index (χ2v) is 12.5. The third-order valence-corrected chi connectivity index (χ3v) is 11.0. The third kappa shape index (κ3) is 2.01. The molecule has 5 nitrogen and oxygen atoms in total. The Morgan fingerprint density at radius 3 is 2.53 bits per heavy atom. The number of rotatable bonds is 3. The van der Waals surface area contributed by atoms with Gasteiger partial charge in [-0.05, 0) is 69.7 Å². The average Bonchev–Trinajstić information content (AvgIpc) is 3.12. The van der Waals surface area contributed by atoms with E-state index in [1.807, 2.05) is 14.0 Å². The maximum Gasteiger partial charge on any atom is 0.165 e. The molecule has 1 aromatic carbocycles. The van der Waals surface area contributed by atoms with Crippen LogP contribution in [0.15, 0.2) is 12.1 Å². The van der Waals surface area contributed by atoms with Gasteiger partial charge in [-0.1, -0.05) is 26.8 Å². The quantitative estimate of drug-likeness (QED) is 0.770. The van der Waals surface area contributed by atoms with Gasteiger partial charge < -0.3 is 24.2 Å². The highest BCUT2D eigenvalue weighted by Gasteiger charge is 2.82. The second kappa shape index (κ2) is 6.03.